The minimum absolute atomic E-state index is 0.0000475. The van der Waals surface area contributed by atoms with Crippen molar-refractivity contribution in [2.24, 2.45) is 0 Å². The van der Waals surface area contributed by atoms with Crippen molar-refractivity contribution >= 4 is 0 Å². The number of halogens is 2. The summed E-state index contributed by atoms with van der Waals surface area (Å²) in [7, 11) is 0. The number of ether oxygens (including phenoxy) is 1. The van der Waals surface area contributed by atoms with Gasteiger partial charge in [0.25, 0.3) is 0 Å². The van der Waals surface area contributed by atoms with E-state index < -0.39 is 6.61 Å². The molecule has 1 aromatic heterocycles. The first-order valence-corrected chi connectivity index (χ1v) is 9.28. The molecule has 1 aliphatic carbocycles. The van der Waals surface area contributed by atoms with Crippen molar-refractivity contribution in [2.45, 2.75) is 32.0 Å². The van der Waals surface area contributed by atoms with Crippen molar-refractivity contribution in [1.82, 2.24) is 15.0 Å². The fourth-order valence-electron chi connectivity index (χ4n) is 3.76. The Morgan fingerprint density at radius 3 is 2.83 bits per heavy atom. The molecule has 0 saturated carbocycles. The summed E-state index contributed by atoms with van der Waals surface area (Å²) in [5, 5.41) is 3.95. The Bertz CT molecular complexity index is 1030. The number of terminal acetylenes is 1. The van der Waals surface area contributed by atoms with Crippen molar-refractivity contribution in [3.63, 3.8) is 0 Å². The number of hydrogen-bond acceptors (Lipinski definition) is 5. The van der Waals surface area contributed by atoms with E-state index in [0.29, 0.717) is 24.5 Å². The number of rotatable bonds is 7. The molecule has 2 aromatic carbocycles. The molecule has 0 bridgehead atoms. The lowest BCUT2D eigenvalue weighted by Crippen LogP contribution is -2.27. The van der Waals surface area contributed by atoms with Gasteiger partial charge in [-0.1, -0.05) is 47.5 Å². The third-order valence-corrected chi connectivity index (χ3v) is 4.99. The lowest BCUT2D eigenvalue weighted by Gasteiger charge is -2.26. The van der Waals surface area contributed by atoms with Gasteiger partial charge in [0.05, 0.1) is 18.7 Å². The lowest BCUT2D eigenvalue weighted by molar-refractivity contribution is -0.0494. The van der Waals surface area contributed by atoms with Crippen molar-refractivity contribution in [1.29, 1.82) is 0 Å². The summed E-state index contributed by atoms with van der Waals surface area (Å²) in [6, 6.07) is 14.8. The molecule has 4 rings (SSSR count). The maximum atomic E-state index is 12.7. The van der Waals surface area contributed by atoms with E-state index in [1.165, 1.54) is 17.2 Å². The molecule has 0 spiro atoms. The van der Waals surface area contributed by atoms with Gasteiger partial charge in [0.15, 0.2) is 0 Å². The second-order valence-corrected chi connectivity index (χ2v) is 6.75. The highest BCUT2D eigenvalue weighted by molar-refractivity contribution is 5.63. The highest BCUT2D eigenvalue weighted by Gasteiger charge is 2.28. The first kappa shape index (κ1) is 19.1. The van der Waals surface area contributed by atoms with Gasteiger partial charge in [0, 0.05) is 6.04 Å². The van der Waals surface area contributed by atoms with Crippen molar-refractivity contribution in [3.05, 3.63) is 65.5 Å². The minimum Gasteiger partial charge on any atom is -0.434 e. The SMILES string of the molecule is C#CCN(Cc1nc(-c2ccccc2OC(F)F)no1)C1CCc2ccccc21. The van der Waals surface area contributed by atoms with Gasteiger partial charge in [-0.15, -0.1) is 6.42 Å². The third kappa shape index (κ3) is 4.13. The van der Waals surface area contributed by atoms with Crippen LogP contribution < -0.4 is 4.74 Å². The Morgan fingerprint density at radius 1 is 1.21 bits per heavy atom. The molecule has 148 valence electrons. The molecule has 1 heterocycles. The van der Waals surface area contributed by atoms with Crippen LogP contribution in [0.5, 0.6) is 5.75 Å². The van der Waals surface area contributed by atoms with Gasteiger partial charge in [0.2, 0.25) is 11.7 Å². The predicted molar refractivity (Wildman–Crippen MR) is 103 cm³/mol. The number of benzene rings is 2. The molecule has 3 aromatic rings. The number of fused-ring (bicyclic) bond motifs is 1. The molecule has 1 aliphatic rings. The summed E-state index contributed by atoms with van der Waals surface area (Å²) in [6.45, 7) is -2.13. The van der Waals surface area contributed by atoms with Gasteiger partial charge in [-0.2, -0.15) is 13.8 Å². The number of para-hydroxylation sites is 1. The van der Waals surface area contributed by atoms with Crippen LogP contribution in [0.3, 0.4) is 0 Å². The van der Waals surface area contributed by atoms with Crippen LogP contribution in [0.15, 0.2) is 53.1 Å². The minimum atomic E-state index is -2.93. The molecule has 0 amide bonds. The summed E-state index contributed by atoms with van der Waals surface area (Å²) >= 11 is 0. The van der Waals surface area contributed by atoms with E-state index in [2.05, 4.69) is 37.8 Å². The van der Waals surface area contributed by atoms with E-state index in [4.69, 9.17) is 10.9 Å². The smallest absolute Gasteiger partial charge is 0.387 e. The number of alkyl halides is 2. The maximum absolute atomic E-state index is 12.7. The van der Waals surface area contributed by atoms with Gasteiger partial charge >= 0.3 is 6.61 Å². The van der Waals surface area contributed by atoms with Gasteiger partial charge in [-0.3, -0.25) is 4.90 Å². The Labute approximate surface area is 167 Å². The van der Waals surface area contributed by atoms with Crippen molar-refractivity contribution < 1.29 is 18.0 Å². The third-order valence-electron chi connectivity index (χ3n) is 4.99. The molecule has 0 radical (unpaired) electrons. The molecule has 0 N–H and O–H groups in total. The fraction of sp³-hybridized carbons (Fsp3) is 0.273. The van der Waals surface area contributed by atoms with Crippen LogP contribution in [0.1, 0.15) is 29.5 Å². The van der Waals surface area contributed by atoms with Crippen LogP contribution >= 0.6 is 0 Å². The predicted octanol–water partition coefficient (Wildman–Crippen LogP) is 4.46. The Morgan fingerprint density at radius 2 is 2.00 bits per heavy atom. The largest absolute Gasteiger partial charge is 0.434 e. The van der Waals surface area contributed by atoms with Crippen molar-refractivity contribution in [2.75, 3.05) is 6.54 Å². The van der Waals surface area contributed by atoms with E-state index in [9.17, 15) is 8.78 Å². The second-order valence-electron chi connectivity index (χ2n) is 6.75. The average molecular weight is 395 g/mol. The number of aryl methyl sites for hydroxylation is 1. The summed E-state index contributed by atoms with van der Waals surface area (Å²) < 4.78 is 35.3. The quantitative estimate of drug-likeness (QED) is 0.553. The van der Waals surface area contributed by atoms with E-state index in [0.717, 1.165) is 12.8 Å². The molecule has 29 heavy (non-hydrogen) atoms. The fourth-order valence-corrected chi connectivity index (χ4v) is 3.76. The second kappa shape index (κ2) is 8.41. The molecule has 1 atom stereocenters. The zero-order chi connectivity index (χ0) is 20.2. The Kier molecular flexibility index (Phi) is 5.54. The first-order chi connectivity index (χ1) is 14.2. The summed E-state index contributed by atoms with van der Waals surface area (Å²) in [5.41, 5.74) is 2.93. The topological polar surface area (TPSA) is 51.4 Å². The first-order valence-electron chi connectivity index (χ1n) is 9.28. The highest BCUT2D eigenvalue weighted by atomic mass is 19.3. The maximum Gasteiger partial charge on any atom is 0.387 e. The number of hydrogen-bond donors (Lipinski definition) is 0. The van der Waals surface area contributed by atoms with E-state index in [-0.39, 0.29) is 17.6 Å². The van der Waals surface area contributed by atoms with Gasteiger partial charge < -0.3 is 9.26 Å². The standard InChI is InChI=1S/C22H19F2N3O2/c1-2-13-27(18-12-11-15-7-3-4-8-16(15)18)14-20-25-21(26-29-20)17-9-5-6-10-19(17)28-22(23)24/h1,3-10,18,22H,11-14H2. The van der Waals surface area contributed by atoms with Crippen LogP contribution in [0.4, 0.5) is 8.78 Å². The summed E-state index contributed by atoms with van der Waals surface area (Å²) in [5.74, 6) is 3.26. The van der Waals surface area contributed by atoms with Crippen LogP contribution in [-0.4, -0.2) is 28.2 Å². The zero-order valence-corrected chi connectivity index (χ0v) is 15.6. The zero-order valence-electron chi connectivity index (χ0n) is 15.6. The molecule has 0 fully saturated rings. The molecule has 5 nitrogen and oxygen atoms in total. The molecule has 0 aliphatic heterocycles. The molecular formula is C22H19F2N3O2. The van der Waals surface area contributed by atoms with E-state index in [1.54, 1.807) is 18.2 Å². The highest BCUT2D eigenvalue weighted by Crippen LogP contribution is 2.36. The van der Waals surface area contributed by atoms with Crippen LogP contribution in [0, 0.1) is 12.3 Å². The molecule has 0 saturated heterocycles. The Balaban J connectivity index is 1.56. The molecule has 1 unspecified atom stereocenters. The Hall–Kier alpha value is -3.24. The normalized spacial score (nSPS) is 15.5. The van der Waals surface area contributed by atoms with E-state index >= 15 is 0 Å². The van der Waals surface area contributed by atoms with E-state index in [1.807, 2.05) is 12.1 Å². The number of nitrogens with zero attached hydrogens (tertiary/aromatic N) is 3. The molecule has 7 heteroatoms. The molecular weight excluding hydrogens is 376 g/mol. The van der Waals surface area contributed by atoms with Crippen LogP contribution in [0.2, 0.25) is 0 Å². The lowest BCUT2D eigenvalue weighted by atomic mass is 10.1. The van der Waals surface area contributed by atoms with Crippen LogP contribution in [0.25, 0.3) is 11.4 Å². The number of aromatic nitrogens is 2. The van der Waals surface area contributed by atoms with Gasteiger partial charge in [-0.05, 0) is 36.1 Å². The summed E-state index contributed by atoms with van der Waals surface area (Å²) in [6.07, 6.45) is 7.55. The monoisotopic (exact) mass is 395 g/mol. The van der Waals surface area contributed by atoms with Gasteiger partial charge in [-0.25, -0.2) is 0 Å². The average Bonchev–Trinajstić information content (AvgIpc) is 3.35. The van der Waals surface area contributed by atoms with Crippen LogP contribution in [-0.2, 0) is 13.0 Å². The summed E-state index contributed by atoms with van der Waals surface area (Å²) in [4.78, 5) is 6.50. The van der Waals surface area contributed by atoms with Gasteiger partial charge in [0.1, 0.15) is 5.75 Å². The van der Waals surface area contributed by atoms with Crippen molar-refractivity contribution in [3.8, 4) is 29.5 Å².